The number of nitrogens with zero attached hydrogens (tertiary/aromatic N) is 2. The molecule has 3 heteroatoms. The summed E-state index contributed by atoms with van der Waals surface area (Å²) in [4.78, 5) is 4.25. The summed E-state index contributed by atoms with van der Waals surface area (Å²) in [6.07, 6.45) is 7.55. The summed E-state index contributed by atoms with van der Waals surface area (Å²) in [6.45, 7) is 1.99. The van der Waals surface area contributed by atoms with Gasteiger partial charge in [0.15, 0.2) is 0 Å². The molecule has 0 saturated carbocycles. The van der Waals surface area contributed by atoms with Crippen LogP contribution in [0.1, 0.15) is 22.4 Å². The van der Waals surface area contributed by atoms with E-state index in [0.29, 0.717) is 0 Å². The van der Waals surface area contributed by atoms with E-state index >= 15 is 0 Å². The van der Waals surface area contributed by atoms with Crippen LogP contribution in [0.2, 0.25) is 0 Å². The van der Waals surface area contributed by atoms with Crippen molar-refractivity contribution in [2.24, 2.45) is 0 Å². The van der Waals surface area contributed by atoms with Gasteiger partial charge in [-0.2, -0.15) is 0 Å². The number of nitrogens with one attached hydrogen (secondary N) is 1. The number of aromatic nitrogens is 2. The molecule has 0 fully saturated rings. The molecule has 0 spiro atoms. The Labute approximate surface area is 94.3 Å². The molecule has 1 aliphatic carbocycles. The standard InChI is InChI=1S/C13H13N3/c1-9-7-16(8-15-9)13-5-2-10(6-14)11-3-4-12(11)13/h2,5-8,14H,3-4H2,1H3. The van der Waals surface area contributed by atoms with Gasteiger partial charge in [0, 0.05) is 18.1 Å². The number of aryl methyl sites for hydroxylation is 1. The first-order valence-corrected chi connectivity index (χ1v) is 5.46. The first kappa shape index (κ1) is 9.33. The Morgan fingerprint density at radius 2 is 2.12 bits per heavy atom. The van der Waals surface area contributed by atoms with Crippen molar-refractivity contribution in [3.8, 4) is 5.69 Å². The third-order valence-corrected chi connectivity index (χ3v) is 3.21. The second-order valence-electron chi connectivity index (χ2n) is 4.20. The zero-order valence-corrected chi connectivity index (χ0v) is 9.20. The normalized spacial score (nSPS) is 13.1. The van der Waals surface area contributed by atoms with Crippen LogP contribution in [-0.2, 0) is 12.8 Å². The fraction of sp³-hybridized carbons (Fsp3) is 0.231. The third-order valence-electron chi connectivity index (χ3n) is 3.21. The average Bonchev–Trinajstić information content (AvgIpc) is 2.65. The van der Waals surface area contributed by atoms with Crippen LogP contribution in [0.25, 0.3) is 5.69 Å². The second-order valence-corrected chi connectivity index (χ2v) is 4.20. The maximum absolute atomic E-state index is 7.35. The van der Waals surface area contributed by atoms with Gasteiger partial charge in [-0.25, -0.2) is 4.98 Å². The Balaban J connectivity index is 2.16. The Morgan fingerprint density at radius 3 is 2.69 bits per heavy atom. The van der Waals surface area contributed by atoms with Gasteiger partial charge in [-0.1, -0.05) is 6.07 Å². The summed E-state index contributed by atoms with van der Waals surface area (Å²) in [7, 11) is 0. The monoisotopic (exact) mass is 211 g/mol. The molecular weight excluding hydrogens is 198 g/mol. The molecule has 0 unspecified atom stereocenters. The first-order chi connectivity index (χ1) is 7.79. The van der Waals surface area contributed by atoms with Crippen LogP contribution in [0.15, 0.2) is 24.7 Å². The number of rotatable bonds is 2. The van der Waals surface area contributed by atoms with Crippen LogP contribution >= 0.6 is 0 Å². The molecular formula is C13H13N3. The zero-order chi connectivity index (χ0) is 11.1. The quantitative estimate of drug-likeness (QED) is 0.761. The van der Waals surface area contributed by atoms with Crippen LogP contribution in [-0.4, -0.2) is 15.8 Å². The van der Waals surface area contributed by atoms with Crippen molar-refractivity contribution in [3.63, 3.8) is 0 Å². The maximum Gasteiger partial charge on any atom is 0.0995 e. The summed E-state index contributed by atoms with van der Waals surface area (Å²) in [6, 6.07) is 4.11. The Kier molecular flexibility index (Phi) is 1.93. The van der Waals surface area contributed by atoms with E-state index in [-0.39, 0.29) is 0 Å². The van der Waals surface area contributed by atoms with Crippen LogP contribution in [0, 0.1) is 12.3 Å². The minimum Gasteiger partial charge on any atom is -0.308 e. The minimum atomic E-state index is 1.03. The third kappa shape index (κ3) is 1.21. The van der Waals surface area contributed by atoms with Gasteiger partial charge < -0.3 is 9.98 Å². The van der Waals surface area contributed by atoms with E-state index in [2.05, 4.69) is 15.6 Å². The van der Waals surface area contributed by atoms with Gasteiger partial charge >= 0.3 is 0 Å². The molecule has 3 nitrogen and oxygen atoms in total. The van der Waals surface area contributed by atoms with Crippen molar-refractivity contribution in [3.05, 3.63) is 47.0 Å². The van der Waals surface area contributed by atoms with E-state index in [1.54, 1.807) is 0 Å². The highest BCUT2D eigenvalue weighted by Crippen LogP contribution is 2.31. The fourth-order valence-electron chi connectivity index (χ4n) is 2.28. The van der Waals surface area contributed by atoms with E-state index in [0.717, 1.165) is 24.1 Å². The van der Waals surface area contributed by atoms with Crippen molar-refractivity contribution in [1.82, 2.24) is 9.55 Å². The van der Waals surface area contributed by atoms with Gasteiger partial charge in [0.2, 0.25) is 0 Å². The summed E-state index contributed by atoms with van der Waals surface area (Å²) >= 11 is 0. The number of fused-ring (bicyclic) bond motifs is 1. The number of benzene rings is 1. The Morgan fingerprint density at radius 1 is 1.31 bits per heavy atom. The molecule has 1 N–H and O–H groups in total. The lowest BCUT2D eigenvalue weighted by Gasteiger charge is -2.24. The largest absolute Gasteiger partial charge is 0.308 e. The maximum atomic E-state index is 7.35. The van der Waals surface area contributed by atoms with Crippen LogP contribution in [0.3, 0.4) is 0 Å². The van der Waals surface area contributed by atoms with Crippen LogP contribution in [0.4, 0.5) is 0 Å². The average molecular weight is 211 g/mol. The molecule has 0 amide bonds. The lowest BCUT2D eigenvalue weighted by molar-refractivity contribution is 0.815. The predicted octanol–water partition coefficient (Wildman–Crippen LogP) is 2.28. The summed E-state index contributed by atoms with van der Waals surface area (Å²) in [5.41, 5.74) is 6.01. The van der Waals surface area contributed by atoms with Crippen molar-refractivity contribution >= 4 is 6.21 Å². The Hall–Kier alpha value is -1.90. The molecule has 1 aliphatic rings. The molecule has 1 aromatic carbocycles. The van der Waals surface area contributed by atoms with Crippen molar-refractivity contribution in [2.75, 3.05) is 0 Å². The molecule has 0 saturated heterocycles. The molecule has 0 atom stereocenters. The topological polar surface area (TPSA) is 41.7 Å². The smallest absolute Gasteiger partial charge is 0.0995 e. The van der Waals surface area contributed by atoms with E-state index in [1.807, 2.05) is 25.5 Å². The van der Waals surface area contributed by atoms with Crippen LogP contribution < -0.4 is 0 Å². The number of imidazole rings is 1. The molecule has 0 radical (unpaired) electrons. The molecule has 80 valence electrons. The fourth-order valence-corrected chi connectivity index (χ4v) is 2.28. The van der Waals surface area contributed by atoms with E-state index < -0.39 is 0 Å². The summed E-state index contributed by atoms with van der Waals surface area (Å²) < 4.78 is 2.07. The van der Waals surface area contributed by atoms with Crippen molar-refractivity contribution in [2.45, 2.75) is 19.8 Å². The van der Waals surface area contributed by atoms with Gasteiger partial charge in [0.05, 0.1) is 12.0 Å². The first-order valence-electron chi connectivity index (χ1n) is 5.46. The van der Waals surface area contributed by atoms with Gasteiger partial charge in [-0.05, 0) is 42.5 Å². The zero-order valence-electron chi connectivity index (χ0n) is 9.20. The molecule has 1 aromatic heterocycles. The van der Waals surface area contributed by atoms with E-state index in [9.17, 15) is 0 Å². The summed E-state index contributed by atoms with van der Waals surface area (Å²) in [5, 5.41) is 7.35. The highest BCUT2D eigenvalue weighted by Gasteiger charge is 2.20. The SMILES string of the molecule is Cc1cn(-c2ccc(C=N)c3c2CC3)cn1. The van der Waals surface area contributed by atoms with E-state index in [1.165, 1.54) is 23.0 Å². The highest BCUT2D eigenvalue weighted by molar-refractivity contribution is 5.82. The molecule has 0 aliphatic heterocycles. The molecule has 3 rings (SSSR count). The van der Waals surface area contributed by atoms with Gasteiger partial charge in [0.1, 0.15) is 0 Å². The number of hydrogen-bond donors (Lipinski definition) is 1. The van der Waals surface area contributed by atoms with Crippen molar-refractivity contribution in [1.29, 1.82) is 5.41 Å². The highest BCUT2D eigenvalue weighted by atomic mass is 15.0. The molecule has 1 heterocycles. The Bertz CT molecular complexity index is 567. The van der Waals surface area contributed by atoms with Gasteiger partial charge in [0.25, 0.3) is 0 Å². The van der Waals surface area contributed by atoms with Gasteiger partial charge in [-0.3, -0.25) is 0 Å². The lowest BCUT2D eigenvalue weighted by Crippen LogP contribution is -2.15. The minimum absolute atomic E-state index is 1.03. The summed E-state index contributed by atoms with van der Waals surface area (Å²) in [5.74, 6) is 0. The second kappa shape index (κ2) is 3.30. The molecule has 16 heavy (non-hydrogen) atoms. The molecule has 0 bridgehead atoms. The van der Waals surface area contributed by atoms with Crippen molar-refractivity contribution < 1.29 is 0 Å². The van der Waals surface area contributed by atoms with Crippen LogP contribution in [0.5, 0.6) is 0 Å². The van der Waals surface area contributed by atoms with E-state index in [4.69, 9.17) is 5.41 Å². The number of hydrogen-bond acceptors (Lipinski definition) is 2. The predicted molar refractivity (Wildman–Crippen MR) is 63.6 cm³/mol. The van der Waals surface area contributed by atoms with Gasteiger partial charge in [-0.15, -0.1) is 0 Å². The molecule has 2 aromatic rings. The lowest BCUT2D eigenvalue weighted by atomic mass is 9.83.